The fourth-order valence-corrected chi connectivity index (χ4v) is 3.30. The van der Waals surface area contributed by atoms with E-state index < -0.39 is 0 Å². The quantitative estimate of drug-likeness (QED) is 0.611. The van der Waals surface area contributed by atoms with E-state index in [0.29, 0.717) is 24.3 Å². The molecule has 8 heteroatoms. The number of nitrogens with one attached hydrogen (secondary N) is 2. The Morgan fingerprint density at radius 1 is 1.36 bits per heavy atom. The van der Waals surface area contributed by atoms with E-state index in [1.165, 1.54) is 0 Å². The number of anilines is 1. The molecule has 0 spiro atoms. The molecule has 3 rings (SSSR count). The van der Waals surface area contributed by atoms with Crippen LogP contribution in [0.5, 0.6) is 5.75 Å². The second kappa shape index (κ2) is 8.09. The SMILES string of the molecule is CCOc1ccc(NC(=O)CCn2c(-c3cccs3)n[nH]c2=S)cc1. The van der Waals surface area contributed by atoms with Gasteiger partial charge in [0.15, 0.2) is 10.6 Å². The van der Waals surface area contributed by atoms with E-state index in [2.05, 4.69) is 15.5 Å². The molecule has 0 radical (unpaired) electrons. The first-order valence-electron chi connectivity index (χ1n) is 7.89. The van der Waals surface area contributed by atoms with E-state index in [1.807, 2.05) is 53.3 Å². The fourth-order valence-electron chi connectivity index (χ4n) is 2.36. The van der Waals surface area contributed by atoms with Gasteiger partial charge in [0.2, 0.25) is 5.91 Å². The van der Waals surface area contributed by atoms with Gasteiger partial charge in [-0.05, 0) is 54.9 Å². The van der Waals surface area contributed by atoms with E-state index in [9.17, 15) is 4.79 Å². The number of aromatic amines is 1. The van der Waals surface area contributed by atoms with Crippen LogP contribution in [-0.2, 0) is 11.3 Å². The summed E-state index contributed by atoms with van der Waals surface area (Å²) in [6.45, 7) is 3.01. The molecule has 1 aromatic carbocycles. The maximum absolute atomic E-state index is 12.2. The lowest BCUT2D eigenvalue weighted by Crippen LogP contribution is -2.15. The molecule has 0 aliphatic rings. The van der Waals surface area contributed by atoms with Crippen LogP contribution in [0.3, 0.4) is 0 Å². The Labute approximate surface area is 154 Å². The molecule has 0 unspecified atom stereocenters. The van der Waals surface area contributed by atoms with Gasteiger partial charge in [0.05, 0.1) is 11.5 Å². The molecule has 0 saturated carbocycles. The number of ether oxygens (including phenoxy) is 1. The molecule has 2 heterocycles. The van der Waals surface area contributed by atoms with E-state index in [-0.39, 0.29) is 5.91 Å². The lowest BCUT2D eigenvalue weighted by atomic mass is 10.3. The van der Waals surface area contributed by atoms with Crippen LogP contribution in [0.15, 0.2) is 41.8 Å². The third-order valence-corrected chi connectivity index (χ3v) is 4.69. The van der Waals surface area contributed by atoms with E-state index in [4.69, 9.17) is 17.0 Å². The molecule has 0 aliphatic heterocycles. The van der Waals surface area contributed by atoms with Gasteiger partial charge in [-0.3, -0.25) is 14.5 Å². The Kier molecular flexibility index (Phi) is 5.62. The Morgan fingerprint density at radius 2 is 2.16 bits per heavy atom. The lowest BCUT2D eigenvalue weighted by molar-refractivity contribution is -0.116. The third-order valence-electron chi connectivity index (χ3n) is 3.51. The summed E-state index contributed by atoms with van der Waals surface area (Å²) in [6.07, 6.45) is 0.305. The highest BCUT2D eigenvalue weighted by molar-refractivity contribution is 7.71. The highest BCUT2D eigenvalue weighted by Crippen LogP contribution is 2.23. The summed E-state index contributed by atoms with van der Waals surface area (Å²) in [5.74, 6) is 1.46. The van der Waals surface area contributed by atoms with Crippen molar-refractivity contribution in [3.05, 3.63) is 46.5 Å². The Balaban J connectivity index is 1.61. The molecule has 6 nitrogen and oxygen atoms in total. The molecule has 1 amide bonds. The molecule has 0 bridgehead atoms. The summed E-state index contributed by atoms with van der Waals surface area (Å²) in [4.78, 5) is 13.2. The molecule has 3 aromatic rings. The molecular formula is C17H18N4O2S2. The van der Waals surface area contributed by atoms with Gasteiger partial charge in [0, 0.05) is 18.7 Å². The number of carbonyl (C=O) groups excluding carboxylic acids is 1. The van der Waals surface area contributed by atoms with Crippen LogP contribution in [0.25, 0.3) is 10.7 Å². The second-order valence-corrected chi connectivity index (χ2v) is 6.57. The summed E-state index contributed by atoms with van der Waals surface area (Å²) in [5.41, 5.74) is 0.739. The molecule has 2 N–H and O–H groups in total. The van der Waals surface area contributed by atoms with Crippen molar-refractivity contribution in [3.8, 4) is 16.5 Å². The largest absolute Gasteiger partial charge is 0.494 e. The van der Waals surface area contributed by atoms with Crippen LogP contribution in [0, 0.1) is 4.77 Å². The molecule has 130 valence electrons. The molecule has 0 fully saturated rings. The van der Waals surface area contributed by atoms with Crippen molar-refractivity contribution in [1.82, 2.24) is 14.8 Å². The summed E-state index contributed by atoms with van der Waals surface area (Å²) in [5, 5.41) is 11.9. The number of H-pyrrole nitrogens is 1. The first kappa shape index (κ1) is 17.4. The van der Waals surface area contributed by atoms with E-state index in [0.717, 1.165) is 22.1 Å². The summed E-state index contributed by atoms with van der Waals surface area (Å²) >= 11 is 6.86. The number of hydrogen-bond acceptors (Lipinski definition) is 5. The number of amides is 1. The average Bonchev–Trinajstić information content (AvgIpc) is 3.25. The summed E-state index contributed by atoms with van der Waals surface area (Å²) < 4.78 is 7.74. The predicted molar refractivity (Wildman–Crippen MR) is 102 cm³/mol. The Bertz CT molecular complexity index is 882. The molecule has 0 atom stereocenters. The van der Waals surface area contributed by atoms with Crippen LogP contribution in [0.4, 0.5) is 5.69 Å². The zero-order valence-electron chi connectivity index (χ0n) is 13.7. The topological polar surface area (TPSA) is 71.9 Å². The van der Waals surface area contributed by atoms with Crippen molar-refractivity contribution in [2.24, 2.45) is 0 Å². The monoisotopic (exact) mass is 374 g/mol. The zero-order valence-corrected chi connectivity index (χ0v) is 15.3. The van der Waals surface area contributed by atoms with Crippen molar-refractivity contribution < 1.29 is 9.53 Å². The number of carbonyl (C=O) groups is 1. The first-order chi connectivity index (χ1) is 12.2. The minimum Gasteiger partial charge on any atom is -0.494 e. The number of aromatic nitrogens is 3. The minimum absolute atomic E-state index is 0.0793. The van der Waals surface area contributed by atoms with Gasteiger partial charge in [-0.2, -0.15) is 5.10 Å². The molecule has 2 aromatic heterocycles. The maximum atomic E-state index is 12.2. The lowest BCUT2D eigenvalue weighted by Gasteiger charge is -2.08. The summed E-state index contributed by atoms with van der Waals surface area (Å²) in [6, 6.07) is 11.3. The van der Waals surface area contributed by atoms with E-state index >= 15 is 0 Å². The number of rotatable bonds is 7. The summed E-state index contributed by atoms with van der Waals surface area (Å²) in [7, 11) is 0. The van der Waals surface area contributed by atoms with Crippen molar-refractivity contribution in [3.63, 3.8) is 0 Å². The van der Waals surface area contributed by atoms with Gasteiger partial charge in [-0.25, -0.2) is 0 Å². The van der Waals surface area contributed by atoms with Crippen LogP contribution >= 0.6 is 23.6 Å². The second-order valence-electron chi connectivity index (χ2n) is 5.24. The average molecular weight is 374 g/mol. The van der Waals surface area contributed by atoms with Crippen molar-refractivity contribution >= 4 is 35.1 Å². The van der Waals surface area contributed by atoms with Gasteiger partial charge in [0.25, 0.3) is 0 Å². The van der Waals surface area contributed by atoms with Crippen molar-refractivity contribution in [2.75, 3.05) is 11.9 Å². The predicted octanol–water partition coefficient (Wildman–Crippen LogP) is 4.10. The number of thiophene rings is 1. The standard InChI is InChI=1S/C17H18N4O2S2/c1-2-23-13-7-5-12(6-8-13)18-15(22)9-10-21-16(19-20-17(21)24)14-4-3-11-25-14/h3-8,11H,2,9-10H2,1H3,(H,18,22)(H,20,24). The van der Waals surface area contributed by atoms with Crippen LogP contribution in [-0.4, -0.2) is 27.3 Å². The number of nitrogens with zero attached hydrogens (tertiary/aromatic N) is 2. The Hall–Kier alpha value is -2.45. The third kappa shape index (κ3) is 4.34. The number of benzene rings is 1. The smallest absolute Gasteiger partial charge is 0.226 e. The Morgan fingerprint density at radius 3 is 2.84 bits per heavy atom. The fraction of sp³-hybridized carbons (Fsp3) is 0.235. The van der Waals surface area contributed by atoms with Crippen LogP contribution in [0.1, 0.15) is 13.3 Å². The first-order valence-corrected chi connectivity index (χ1v) is 9.18. The maximum Gasteiger partial charge on any atom is 0.226 e. The van der Waals surface area contributed by atoms with Crippen molar-refractivity contribution in [2.45, 2.75) is 19.9 Å². The molecule has 25 heavy (non-hydrogen) atoms. The van der Waals surface area contributed by atoms with Gasteiger partial charge in [0.1, 0.15) is 5.75 Å². The van der Waals surface area contributed by atoms with Gasteiger partial charge >= 0.3 is 0 Å². The van der Waals surface area contributed by atoms with Crippen LogP contribution < -0.4 is 10.1 Å². The van der Waals surface area contributed by atoms with Crippen LogP contribution in [0.2, 0.25) is 0 Å². The zero-order chi connectivity index (χ0) is 17.6. The highest BCUT2D eigenvalue weighted by Gasteiger charge is 2.11. The van der Waals surface area contributed by atoms with Gasteiger partial charge < -0.3 is 10.1 Å². The molecular weight excluding hydrogens is 356 g/mol. The van der Waals surface area contributed by atoms with E-state index in [1.54, 1.807) is 11.3 Å². The van der Waals surface area contributed by atoms with Gasteiger partial charge in [-0.15, -0.1) is 11.3 Å². The highest BCUT2D eigenvalue weighted by atomic mass is 32.1. The number of hydrogen-bond donors (Lipinski definition) is 2. The van der Waals surface area contributed by atoms with Gasteiger partial charge in [-0.1, -0.05) is 6.07 Å². The minimum atomic E-state index is -0.0793. The molecule has 0 saturated heterocycles. The van der Waals surface area contributed by atoms with Crippen molar-refractivity contribution in [1.29, 1.82) is 0 Å². The normalized spacial score (nSPS) is 10.6. The molecule has 0 aliphatic carbocycles.